The zero-order valence-corrected chi connectivity index (χ0v) is 17.7. The van der Waals surface area contributed by atoms with E-state index in [-0.39, 0.29) is 11.2 Å². The lowest BCUT2D eigenvalue weighted by Gasteiger charge is -2.20. The number of carbonyl (C=O) groups excluding carboxylic acids is 1. The number of ether oxygens (including phenoxy) is 4. The van der Waals surface area contributed by atoms with E-state index in [0.29, 0.717) is 30.2 Å². The summed E-state index contributed by atoms with van der Waals surface area (Å²) in [5.74, 6) is 0.990. The number of hydrogen-bond acceptors (Lipinski definition) is 6. The van der Waals surface area contributed by atoms with Gasteiger partial charge in [-0.15, -0.1) is 0 Å². The van der Waals surface area contributed by atoms with Gasteiger partial charge in [0.05, 0.1) is 26.5 Å². The van der Waals surface area contributed by atoms with Gasteiger partial charge in [0.15, 0.2) is 5.75 Å². The molecule has 7 nitrogen and oxygen atoms in total. The fourth-order valence-electron chi connectivity index (χ4n) is 3.08. The van der Waals surface area contributed by atoms with Crippen molar-refractivity contribution in [3.8, 4) is 17.2 Å². The zero-order chi connectivity index (χ0) is 22.2. The number of benzene rings is 2. The van der Waals surface area contributed by atoms with Gasteiger partial charge in [-0.25, -0.2) is 4.79 Å². The molecule has 0 aliphatic carbocycles. The Hall–Kier alpha value is -3.74. The summed E-state index contributed by atoms with van der Waals surface area (Å²) in [6, 6.07) is 17.6. The van der Waals surface area contributed by atoms with Gasteiger partial charge in [-0.2, -0.15) is 0 Å². The van der Waals surface area contributed by atoms with Crippen molar-refractivity contribution < 1.29 is 23.7 Å². The quantitative estimate of drug-likeness (QED) is 0.490. The van der Waals surface area contributed by atoms with E-state index in [0.717, 1.165) is 5.75 Å². The van der Waals surface area contributed by atoms with Crippen molar-refractivity contribution in [3.05, 3.63) is 88.3 Å². The molecule has 0 saturated carbocycles. The average molecular weight is 423 g/mol. The minimum Gasteiger partial charge on any atom is -0.497 e. The summed E-state index contributed by atoms with van der Waals surface area (Å²) in [6.07, 6.45) is 0.640. The lowest BCUT2D eigenvalue weighted by atomic mass is 10.1. The molecule has 1 heterocycles. The maximum Gasteiger partial charge on any atom is 0.351 e. The maximum absolute atomic E-state index is 12.5. The number of rotatable bonds is 9. The molecule has 0 amide bonds. The van der Waals surface area contributed by atoms with Gasteiger partial charge in [0, 0.05) is 17.8 Å². The van der Waals surface area contributed by atoms with Gasteiger partial charge in [-0.05, 0) is 31.2 Å². The summed E-state index contributed by atoms with van der Waals surface area (Å²) in [6.45, 7) is 2.64. The van der Waals surface area contributed by atoms with E-state index in [1.165, 1.54) is 13.2 Å². The van der Waals surface area contributed by atoms with Crippen LogP contribution in [0.5, 0.6) is 17.2 Å². The largest absolute Gasteiger partial charge is 0.497 e. The molecule has 0 fully saturated rings. The molecule has 0 radical (unpaired) electrons. The third-order valence-electron chi connectivity index (χ3n) is 4.80. The molecule has 0 N–H and O–H groups in total. The molecule has 0 saturated heterocycles. The second kappa shape index (κ2) is 10.3. The van der Waals surface area contributed by atoms with Gasteiger partial charge in [-0.1, -0.05) is 30.3 Å². The van der Waals surface area contributed by atoms with Crippen LogP contribution in [0.4, 0.5) is 0 Å². The minimum absolute atomic E-state index is 0.103. The van der Waals surface area contributed by atoms with E-state index in [2.05, 4.69) is 0 Å². The van der Waals surface area contributed by atoms with E-state index in [1.807, 2.05) is 34.9 Å². The molecular formula is C24H25NO6. The number of esters is 1. The first-order valence-electron chi connectivity index (χ1n) is 9.80. The van der Waals surface area contributed by atoms with Gasteiger partial charge in [0.1, 0.15) is 18.1 Å². The van der Waals surface area contributed by atoms with Crippen LogP contribution in [-0.4, -0.2) is 31.4 Å². The van der Waals surface area contributed by atoms with Gasteiger partial charge in [-0.3, -0.25) is 4.79 Å². The van der Waals surface area contributed by atoms with E-state index in [1.54, 1.807) is 44.5 Å². The molecule has 2 aromatic carbocycles. The number of aromatic nitrogens is 1. The summed E-state index contributed by atoms with van der Waals surface area (Å²) in [5.41, 5.74) is 0.886. The second-order valence-electron chi connectivity index (χ2n) is 6.74. The van der Waals surface area contributed by atoms with Crippen molar-refractivity contribution in [2.24, 2.45) is 0 Å². The summed E-state index contributed by atoms with van der Waals surface area (Å²) in [5, 5.41) is 0. The first-order chi connectivity index (χ1) is 15.0. The first kappa shape index (κ1) is 22.0. The highest BCUT2D eigenvalue weighted by Crippen LogP contribution is 2.24. The van der Waals surface area contributed by atoms with Crippen LogP contribution in [0.3, 0.4) is 0 Å². The lowest BCUT2D eigenvalue weighted by molar-refractivity contribution is -0.149. The molecule has 7 heteroatoms. The Bertz CT molecular complexity index is 1060. The van der Waals surface area contributed by atoms with Crippen LogP contribution in [0.15, 0.2) is 71.7 Å². The van der Waals surface area contributed by atoms with Crippen LogP contribution < -0.4 is 19.6 Å². The van der Waals surface area contributed by atoms with Crippen LogP contribution in [0.25, 0.3) is 0 Å². The standard InChI is InChI=1S/C24H25NO6/c1-17-22(31-23(24(27)29-3)18-7-5-4-6-8-18)21(26)13-14-25(17)15-16-30-20-11-9-19(28-2)10-12-20/h4-14,23H,15-16H2,1-3H3. The molecule has 0 aliphatic rings. The predicted octanol–water partition coefficient (Wildman–Crippen LogP) is 3.54. The fraction of sp³-hybridized carbons (Fsp3) is 0.250. The van der Waals surface area contributed by atoms with Crippen molar-refractivity contribution >= 4 is 5.97 Å². The van der Waals surface area contributed by atoms with Crippen LogP contribution in [0.1, 0.15) is 17.4 Å². The van der Waals surface area contributed by atoms with Crippen LogP contribution >= 0.6 is 0 Å². The third kappa shape index (κ3) is 5.45. The number of hydrogen-bond donors (Lipinski definition) is 0. The molecule has 162 valence electrons. The third-order valence-corrected chi connectivity index (χ3v) is 4.80. The molecule has 1 atom stereocenters. The fourth-order valence-corrected chi connectivity index (χ4v) is 3.08. The molecule has 0 aliphatic heterocycles. The monoisotopic (exact) mass is 423 g/mol. The first-order valence-corrected chi connectivity index (χ1v) is 9.80. The molecule has 3 rings (SSSR count). The van der Waals surface area contributed by atoms with Crippen molar-refractivity contribution in [2.75, 3.05) is 20.8 Å². The molecule has 1 unspecified atom stereocenters. The number of methoxy groups -OCH3 is 2. The highest BCUT2D eigenvalue weighted by atomic mass is 16.6. The second-order valence-corrected chi connectivity index (χ2v) is 6.74. The number of nitrogens with zero attached hydrogens (tertiary/aromatic N) is 1. The van der Waals surface area contributed by atoms with Crippen molar-refractivity contribution in [1.29, 1.82) is 0 Å². The Kier molecular flexibility index (Phi) is 7.32. The Labute approximate surface area is 180 Å². The molecule has 1 aromatic heterocycles. The van der Waals surface area contributed by atoms with E-state index in [4.69, 9.17) is 18.9 Å². The zero-order valence-electron chi connectivity index (χ0n) is 17.7. The smallest absolute Gasteiger partial charge is 0.351 e. The highest BCUT2D eigenvalue weighted by Gasteiger charge is 2.25. The Morgan fingerprint density at radius 2 is 1.65 bits per heavy atom. The summed E-state index contributed by atoms with van der Waals surface area (Å²) < 4.78 is 23.5. The predicted molar refractivity (Wildman–Crippen MR) is 116 cm³/mol. The van der Waals surface area contributed by atoms with E-state index < -0.39 is 12.1 Å². The summed E-state index contributed by atoms with van der Waals surface area (Å²) in [4.78, 5) is 24.8. The molecule has 31 heavy (non-hydrogen) atoms. The Morgan fingerprint density at radius 1 is 0.968 bits per heavy atom. The van der Waals surface area contributed by atoms with E-state index >= 15 is 0 Å². The van der Waals surface area contributed by atoms with Crippen molar-refractivity contribution in [2.45, 2.75) is 19.6 Å². The number of pyridine rings is 1. The molecular weight excluding hydrogens is 398 g/mol. The Morgan fingerprint density at radius 3 is 2.29 bits per heavy atom. The summed E-state index contributed by atoms with van der Waals surface area (Å²) in [7, 11) is 2.89. The van der Waals surface area contributed by atoms with Gasteiger partial charge >= 0.3 is 5.97 Å². The van der Waals surface area contributed by atoms with Crippen LogP contribution in [-0.2, 0) is 16.1 Å². The Balaban J connectivity index is 1.76. The number of carbonyl (C=O) groups is 1. The highest BCUT2D eigenvalue weighted by molar-refractivity contribution is 5.76. The summed E-state index contributed by atoms with van der Waals surface area (Å²) >= 11 is 0. The van der Waals surface area contributed by atoms with Gasteiger partial charge in [0.25, 0.3) is 0 Å². The average Bonchev–Trinajstić information content (AvgIpc) is 2.81. The minimum atomic E-state index is -1.04. The van der Waals surface area contributed by atoms with Crippen LogP contribution in [0.2, 0.25) is 0 Å². The lowest BCUT2D eigenvalue weighted by Crippen LogP contribution is -2.25. The van der Waals surface area contributed by atoms with Crippen molar-refractivity contribution in [3.63, 3.8) is 0 Å². The molecule has 0 spiro atoms. The molecule has 0 bridgehead atoms. The van der Waals surface area contributed by atoms with E-state index in [9.17, 15) is 9.59 Å². The topological polar surface area (TPSA) is 76.0 Å². The normalized spacial score (nSPS) is 11.5. The van der Waals surface area contributed by atoms with Gasteiger partial charge < -0.3 is 23.5 Å². The van der Waals surface area contributed by atoms with Crippen molar-refractivity contribution in [1.82, 2.24) is 4.57 Å². The SMILES string of the molecule is COC(=O)C(Oc1c(C)n(CCOc2ccc(OC)cc2)ccc1=O)c1ccccc1. The van der Waals surface area contributed by atoms with Gasteiger partial charge in [0.2, 0.25) is 11.5 Å². The van der Waals surface area contributed by atoms with Crippen LogP contribution in [0, 0.1) is 6.92 Å². The maximum atomic E-state index is 12.5. The molecule has 3 aromatic rings.